The largest absolute Gasteiger partial charge is 0.396 e. The van der Waals surface area contributed by atoms with Crippen LogP contribution in [0.15, 0.2) is 0 Å². The van der Waals surface area contributed by atoms with Gasteiger partial charge in [0.1, 0.15) is 5.82 Å². The highest BCUT2D eigenvalue weighted by Crippen LogP contribution is 2.37. The molecule has 0 spiro atoms. The second-order valence-electron chi connectivity index (χ2n) is 6.22. The van der Waals surface area contributed by atoms with Gasteiger partial charge in [0.25, 0.3) is 5.91 Å². The van der Waals surface area contributed by atoms with E-state index in [1.165, 1.54) is 0 Å². The number of aliphatic hydroxyl groups is 1. The number of nitrogens with one attached hydrogen (secondary N) is 2. The normalized spacial score (nSPS) is 17.3. The third-order valence-corrected chi connectivity index (χ3v) is 3.44. The van der Waals surface area contributed by atoms with Crippen molar-refractivity contribution in [2.75, 3.05) is 6.61 Å². The van der Waals surface area contributed by atoms with Crippen molar-refractivity contribution >= 4 is 5.91 Å². The molecule has 1 aromatic heterocycles. The number of aromatic nitrogens is 3. The highest BCUT2D eigenvalue weighted by molar-refractivity contribution is 5.90. The molecule has 0 bridgehead atoms. The van der Waals surface area contributed by atoms with Crippen LogP contribution in [0.3, 0.4) is 0 Å². The minimum atomic E-state index is -0.281. The number of H-pyrrole nitrogens is 1. The minimum Gasteiger partial charge on any atom is -0.396 e. The SMILES string of the molecule is CC(C)(C)C(CCO)NC(=O)c1n[nH]c(C2CC2)n1. The molecular formula is C13H22N4O2. The Bertz CT molecular complexity index is 446. The first-order valence-corrected chi connectivity index (χ1v) is 6.76. The van der Waals surface area contributed by atoms with Gasteiger partial charge in [0.15, 0.2) is 0 Å². The molecule has 1 saturated carbocycles. The van der Waals surface area contributed by atoms with Gasteiger partial charge >= 0.3 is 0 Å². The lowest BCUT2D eigenvalue weighted by atomic mass is 9.85. The smallest absolute Gasteiger partial charge is 0.291 e. The molecule has 106 valence electrons. The number of aliphatic hydroxyl groups excluding tert-OH is 1. The molecule has 0 aromatic carbocycles. The summed E-state index contributed by atoms with van der Waals surface area (Å²) in [6, 6.07) is -0.104. The molecule has 1 fully saturated rings. The number of hydrogen-bond acceptors (Lipinski definition) is 4. The molecule has 1 unspecified atom stereocenters. The van der Waals surface area contributed by atoms with Crippen LogP contribution in [0.25, 0.3) is 0 Å². The van der Waals surface area contributed by atoms with Crippen molar-refractivity contribution in [3.05, 3.63) is 11.6 Å². The van der Waals surface area contributed by atoms with Gasteiger partial charge in [0.05, 0.1) is 0 Å². The van der Waals surface area contributed by atoms with Crippen molar-refractivity contribution in [3.63, 3.8) is 0 Å². The van der Waals surface area contributed by atoms with Crippen molar-refractivity contribution in [2.24, 2.45) is 5.41 Å². The number of aromatic amines is 1. The zero-order valence-electron chi connectivity index (χ0n) is 11.7. The van der Waals surface area contributed by atoms with Gasteiger partial charge in [-0.25, -0.2) is 4.98 Å². The van der Waals surface area contributed by atoms with E-state index in [0.717, 1.165) is 18.7 Å². The molecule has 0 aliphatic heterocycles. The van der Waals surface area contributed by atoms with E-state index in [4.69, 9.17) is 5.11 Å². The molecule has 1 aromatic rings. The monoisotopic (exact) mass is 266 g/mol. The van der Waals surface area contributed by atoms with Gasteiger partial charge in [-0.15, -0.1) is 5.10 Å². The fraction of sp³-hybridized carbons (Fsp3) is 0.769. The number of hydrogen-bond donors (Lipinski definition) is 3. The van der Waals surface area contributed by atoms with Gasteiger partial charge in [-0.2, -0.15) is 0 Å². The Morgan fingerprint density at radius 1 is 1.53 bits per heavy atom. The Morgan fingerprint density at radius 2 is 2.21 bits per heavy atom. The number of carbonyl (C=O) groups is 1. The van der Waals surface area contributed by atoms with Gasteiger partial charge in [-0.1, -0.05) is 20.8 Å². The van der Waals surface area contributed by atoms with E-state index in [-0.39, 0.29) is 29.8 Å². The molecule has 6 nitrogen and oxygen atoms in total. The van der Waals surface area contributed by atoms with Crippen LogP contribution in [-0.4, -0.2) is 38.8 Å². The quantitative estimate of drug-likeness (QED) is 0.747. The van der Waals surface area contributed by atoms with Gasteiger partial charge in [0, 0.05) is 18.6 Å². The summed E-state index contributed by atoms with van der Waals surface area (Å²) in [7, 11) is 0. The van der Waals surface area contributed by atoms with Crippen molar-refractivity contribution in [1.82, 2.24) is 20.5 Å². The Morgan fingerprint density at radius 3 is 2.74 bits per heavy atom. The van der Waals surface area contributed by atoms with Gasteiger partial charge < -0.3 is 10.4 Å². The first-order chi connectivity index (χ1) is 8.91. The van der Waals surface area contributed by atoms with Crippen LogP contribution in [-0.2, 0) is 0 Å². The van der Waals surface area contributed by atoms with Gasteiger partial charge in [-0.3, -0.25) is 9.89 Å². The van der Waals surface area contributed by atoms with Crippen molar-refractivity contribution in [2.45, 2.75) is 52.0 Å². The number of rotatable bonds is 5. The maximum Gasteiger partial charge on any atom is 0.291 e. The van der Waals surface area contributed by atoms with Crippen LogP contribution in [0.4, 0.5) is 0 Å². The van der Waals surface area contributed by atoms with E-state index >= 15 is 0 Å². The molecule has 2 rings (SSSR count). The molecular weight excluding hydrogens is 244 g/mol. The molecule has 3 N–H and O–H groups in total. The summed E-state index contributed by atoms with van der Waals surface area (Å²) in [5.41, 5.74) is -0.117. The molecule has 6 heteroatoms. The Kier molecular flexibility index (Phi) is 3.89. The summed E-state index contributed by atoms with van der Waals surface area (Å²) in [4.78, 5) is 16.3. The zero-order chi connectivity index (χ0) is 14.0. The Labute approximate surface area is 113 Å². The summed E-state index contributed by atoms with van der Waals surface area (Å²) in [5, 5.41) is 18.8. The standard InChI is InChI=1S/C13H22N4O2/c1-13(2,3)9(6-7-18)14-12(19)11-15-10(16-17-11)8-4-5-8/h8-9,18H,4-7H2,1-3H3,(H,14,19)(H,15,16,17). The zero-order valence-corrected chi connectivity index (χ0v) is 11.7. The van der Waals surface area contributed by atoms with E-state index in [2.05, 4.69) is 20.5 Å². The number of carbonyl (C=O) groups excluding carboxylic acids is 1. The van der Waals surface area contributed by atoms with E-state index < -0.39 is 0 Å². The summed E-state index contributed by atoms with van der Waals surface area (Å²) >= 11 is 0. The maximum absolute atomic E-state index is 12.1. The van der Waals surface area contributed by atoms with E-state index in [0.29, 0.717) is 12.3 Å². The van der Waals surface area contributed by atoms with E-state index in [9.17, 15) is 4.79 Å². The van der Waals surface area contributed by atoms with E-state index in [1.54, 1.807) is 0 Å². The van der Waals surface area contributed by atoms with E-state index in [1.807, 2.05) is 20.8 Å². The Balaban J connectivity index is 2.01. The second-order valence-corrected chi connectivity index (χ2v) is 6.22. The summed E-state index contributed by atoms with van der Waals surface area (Å²) in [6.07, 6.45) is 2.76. The third kappa shape index (κ3) is 3.53. The highest BCUT2D eigenvalue weighted by Gasteiger charge is 2.30. The number of nitrogens with zero attached hydrogens (tertiary/aromatic N) is 2. The minimum absolute atomic E-state index is 0.0452. The highest BCUT2D eigenvalue weighted by atomic mass is 16.3. The lowest BCUT2D eigenvalue weighted by Crippen LogP contribution is -2.44. The average molecular weight is 266 g/mol. The van der Waals surface area contributed by atoms with Crippen LogP contribution in [0, 0.1) is 5.41 Å². The van der Waals surface area contributed by atoms with Crippen LogP contribution in [0.1, 0.15) is 62.4 Å². The first kappa shape index (κ1) is 14.0. The summed E-state index contributed by atoms with van der Waals surface area (Å²) in [6.45, 7) is 6.13. The molecule has 0 saturated heterocycles. The fourth-order valence-electron chi connectivity index (χ4n) is 1.99. The summed E-state index contributed by atoms with van der Waals surface area (Å²) < 4.78 is 0. The van der Waals surface area contributed by atoms with Gasteiger partial charge in [0.2, 0.25) is 5.82 Å². The predicted octanol–water partition coefficient (Wildman–Crippen LogP) is 1.21. The fourth-order valence-corrected chi connectivity index (χ4v) is 1.99. The lowest BCUT2D eigenvalue weighted by molar-refractivity contribution is 0.0875. The van der Waals surface area contributed by atoms with Crippen LogP contribution >= 0.6 is 0 Å². The second kappa shape index (κ2) is 5.28. The summed E-state index contributed by atoms with van der Waals surface area (Å²) in [5.74, 6) is 1.16. The first-order valence-electron chi connectivity index (χ1n) is 6.76. The average Bonchev–Trinajstić information content (AvgIpc) is 3.05. The maximum atomic E-state index is 12.1. The van der Waals surface area contributed by atoms with Gasteiger partial charge in [-0.05, 0) is 24.7 Å². The van der Waals surface area contributed by atoms with Crippen LogP contribution in [0.5, 0.6) is 0 Å². The molecule has 1 atom stereocenters. The molecule has 0 radical (unpaired) electrons. The Hall–Kier alpha value is -1.43. The number of amides is 1. The topological polar surface area (TPSA) is 90.9 Å². The van der Waals surface area contributed by atoms with Crippen molar-refractivity contribution < 1.29 is 9.90 Å². The third-order valence-electron chi connectivity index (χ3n) is 3.44. The molecule has 19 heavy (non-hydrogen) atoms. The van der Waals surface area contributed by atoms with Crippen LogP contribution < -0.4 is 5.32 Å². The lowest BCUT2D eigenvalue weighted by Gasteiger charge is -2.30. The van der Waals surface area contributed by atoms with Crippen LogP contribution in [0.2, 0.25) is 0 Å². The van der Waals surface area contributed by atoms with Crippen molar-refractivity contribution in [3.8, 4) is 0 Å². The molecule has 1 heterocycles. The molecule has 1 amide bonds. The molecule has 1 aliphatic rings. The molecule has 1 aliphatic carbocycles. The van der Waals surface area contributed by atoms with Crippen molar-refractivity contribution in [1.29, 1.82) is 0 Å². The predicted molar refractivity (Wildman–Crippen MR) is 70.8 cm³/mol.